The maximum Gasteiger partial charge on any atom is 0.168 e. The minimum absolute atomic E-state index is 0.430. The van der Waals surface area contributed by atoms with Crippen molar-refractivity contribution in [3.8, 4) is 86.0 Å². The lowest BCUT2D eigenvalue weighted by molar-refractivity contribution is 1.05. The van der Waals surface area contributed by atoms with Crippen molar-refractivity contribution in [3.63, 3.8) is 0 Å². The molecule has 12 rings (SSSR count). The second-order valence-corrected chi connectivity index (χ2v) is 16.6. The summed E-state index contributed by atoms with van der Waals surface area (Å²) in [7, 11) is 0. The molecule has 0 bridgehead atoms. The highest BCUT2D eigenvalue weighted by atomic mass is 15.1. The van der Waals surface area contributed by atoms with Crippen molar-refractivity contribution in [3.05, 3.63) is 223 Å². The first-order valence-corrected chi connectivity index (χ1v) is 22.1. The summed E-state index contributed by atoms with van der Waals surface area (Å²) in [5.74, 6) is 1.45. The van der Waals surface area contributed by atoms with E-state index in [2.05, 4.69) is 88.0 Å². The van der Waals surface area contributed by atoms with E-state index in [4.69, 9.17) is 15.0 Å². The number of hydrogen-bond acceptors (Lipinski definition) is 6. The molecule has 0 amide bonds. The summed E-state index contributed by atoms with van der Waals surface area (Å²) in [6, 6.07) is 75.5. The molecule has 68 heavy (non-hydrogen) atoms. The third kappa shape index (κ3) is 6.63. The fourth-order valence-corrected chi connectivity index (χ4v) is 9.54. The Morgan fingerprint density at radius 3 is 1.13 bits per heavy atom. The highest BCUT2D eigenvalue weighted by molar-refractivity contribution is 6.13. The molecule has 8 nitrogen and oxygen atoms in total. The number of nitrogens with zero attached hydrogens (tertiary/aromatic N) is 8. The number of fused-ring (bicyclic) bond motifs is 6. The number of nitriles is 3. The maximum absolute atomic E-state index is 11.0. The van der Waals surface area contributed by atoms with Crippen LogP contribution in [0.2, 0.25) is 0 Å². The molecule has 3 heterocycles. The minimum atomic E-state index is 0.430. The quantitative estimate of drug-likeness (QED) is 0.157. The van der Waals surface area contributed by atoms with Crippen molar-refractivity contribution in [2.75, 3.05) is 0 Å². The minimum Gasteiger partial charge on any atom is -0.308 e. The lowest BCUT2D eigenvalue weighted by atomic mass is 10.0. The molecular weight excluding hydrogens is 833 g/mol. The fourth-order valence-electron chi connectivity index (χ4n) is 9.54. The summed E-state index contributed by atoms with van der Waals surface area (Å²) < 4.78 is 4.45. The fraction of sp³-hybridized carbons (Fsp3) is 0. The van der Waals surface area contributed by atoms with E-state index in [0.717, 1.165) is 77.0 Å². The average Bonchev–Trinajstić information content (AvgIpc) is 3.93. The average molecular weight is 867 g/mol. The van der Waals surface area contributed by atoms with Gasteiger partial charge in [-0.3, -0.25) is 0 Å². The van der Waals surface area contributed by atoms with Gasteiger partial charge >= 0.3 is 0 Å². The smallest absolute Gasteiger partial charge is 0.168 e. The number of benzene rings is 9. The van der Waals surface area contributed by atoms with Crippen molar-refractivity contribution in [1.82, 2.24) is 24.1 Å². The van der Waals surface area contributed by atoms with Crippen LogP contribution in [0.1, 0.15) is 16.7 Å². The first-order chi connectivity index (χ1) is 33.6. The third-order valence-corrected chi connectivity index (χ3v) is 12.6. The van der Waals surface area contributed by atoms with Gasteiger partial charge in [-0.25, -0.2) is 15.0 Å². The normalized spacial score (nSPS) is 11.2. The van der Waals surface area contributed by atoms with Gasteiger partial charge in [0.2, 0.25) is 0 Å². The molecule has 0 aliphatic heterocycles. The Kier molecular flexibility index (Phi) is 9.47. The van der Waals surface area contributed by atoms with Gasteiger partial charge in [0, 0.05) is 32.7 Å². The van der Waals surface area contributed by atoms with Gasteiger partial charge in [-0.1, -0.05) is 133 Å². The van der Waals surface area contributed by atoms with Gasteiger partial charge in [-0.15, -0.1) is 0 Å². The molecule has 8 heteroatoms. The lowest BCUT2D eigenvalue weighted by Crippen LogP contribution is -2.08. The molecule has 0 saturated heterocycles. The molecule has 0 atom stereocenters. The Bertz CT molecular complexity index is 3870. The second kappa shape index (κ2) is 16.2. The van der Waals surface area contributed by atoms with Crippen molar-refractivity contribution < 1.29 is 0 Å². The van der Waals surface area contributed by atoms with Crippen molar-refractivity contribution >= 4 is 43.6 Å². The molecule has 314 valence electrons. The summed E-state index contributed by atoms with van der Waals surface area (Å²) in [6.45, 7) is 0. The highest BCUT2D eigenvalue weighted by Crippen LogP contribution is 2.44. The van der Waals surface area contributed by atoms with E-state index in [1.165, 1.54) is 0 Å². The lowest BCUT2D eigenvalue weighted by Gasteiger charge is -2.20. The van der Waals surface area contributed by atoms with Crippen LogP contribution in [-0.4, -0.2) is 24.1 Å². The number of hydrogen-bond donors (Lipinski definition) is 0. The van der Waals surface area contributed by atoms with E-state index in [1.807, 2.05) is 146 Å². The summed E-state index contributed by atoms with van der Waals surface area (Å²) in [4.78, 5) is 15.8. The van der Waals surface area contributed by atoms with Crippen LogP contribution in [-0.2, 0) is 0 Å². The SMILES string of the molecule is N#Cc1cccc(-c2ccc3c(c2)c2ccccc2n3-c2cc(C#N)cc(-n3c4ccccc4c4cc(-c5cccc(C#N)c5)ccc43)c2-c2nc(-c3ccccc3)nc(-c3ccccc3)n2)c1. The van der Waals surface area contributed by atoms with Gasteiger partial charge < -0.3 is 9.13 Å². The zero-order valence-corrected chi connectivity index (χ0v) is 36.2. The van der Waals surface area contributed by atoms with Crippen molar-refractivity contribution in [1.29, 1.82) is 15.8 Å². The Hall–Kier alpha value is -9.94. The second-order valence-electron chi connectivity index (χ2n) is 16.6. The van der Waals surface area contributed by atoms with Gasteiger partial charge in [0.1, 0.15) is 0 Å². The van der Waals surface area contributed by atoms with Gasteiger partial charge in [-0.05, 0) is 95.1 Å². The standard InChI is InChI=1S/C60H34N8/c61-35-38-13-11-19-43(29-38)45-25-27-53-49(33-45)47-21-7-9-23-51(47)67(53)55-31-40(37-63)32-56(57(55)60-65-58(41-15-3-1-4-16-41)64-59(66-60)42-17-5-2-6-18-42)68-52-24-10-8-22-48(52)50-34-46(26-28-54(50)68)44-20-12-14-39(30-44)36-62/h1-34H. The first-order valence-electron chi connectivity index (χ1n) is 22.1. The van der Waals surface area contributed by atoms with E-state index in [-0.39, 0.29) is 0 Å². The van der Waals surface area contributed by atoms with Crippen molar-refractivity contribution in [2.45, 2.75) is 0 Å². The summed E-state index contributed by atoms with van der Waals surface area (Å²) in [6.07, 6.45) is 0. The predicted octanol–water partition coefficient (Wildman–Crippen LogP) is 14.0. The molecular formula is C60H34N8. The molecule has 0 N–H and O–H groups in total. The molecule has 12 aromatic rings. The van der Waals surface area contributed by atoms with Gasteiger partial charge in [-0.2, -0.15) is 15.8 Å². The molecule has 3 aromatic heterocycles. The van der Waals surface area contributed by atoms with Crippen LogP contribution >= 0.6 is 0 Å². The van der Waals surface area contributed by atoms with Crippen LogP contribution in [0, 0.1) is 34.0 Å². The zero-order chi connectivity index (χ0) is 45.7. The van der Waals surface area contributed by atoms with E-state index < -0.39 is 0 Å². The predicted molar refractivity (Wildman–Crippen MR) is 270 cm³/mol. The van der Waals surface area contributed by atoms with Crippen LogP contribution in [0.3, 0.4) is 0 Å². The maximum atomic E-state index is 11.0. The first kappa shape index (κ1) is 39.6. The zero-order valence-electron chi connectivity index (χ0n) is 36.2. The number of rotatable bonds is 7. The monoisotopic (exact) mass is 866 g/mol. The third-order valence-electron chi connectivity index (χ3n) is 12.6. The Morgan fingerprint density at radius 1 is 0.294 bits per heavy atom. The summed E-state index contributed by atoms with van der Waals surface area (Å²) in [5.41, 5.74) is 13.0. The molecule has 0 unspecified atom stereocenters. The van der Waals surface area contributed by atoms with E-state index in [0.29, 0.717) is 51.1 Å². The molecule has 0 radical (unpaired) electrons. The number of aromatic nitrogens is 5. The molecule has 0 fully saturated rings. The molecule has 0 aliphatic rings. The molecule has 0 spiro atoms. The van der Waals surface area contributed by atoms with Crippen LogP contribution in [0.4, 0.5) is 0 Å². The van der Waals surface area contributed by atoms with Crippen molar-refractivity contribution in [2.24, 2.45) is 0 Å². The van der Waals surface area contributed by atoms with Gasteiger partial charge in [0.15, 0.2) is 17.5 Å². The number of para-hydroxylation sites is 2. The van der Waals surface area contributed by atoms with E-state index in [1.54, 1.807) is 0 Å². The summed E-state index contributed by atoms with van der Waals surface area (Å²) >= 11 is 0. The van der Waals surface area contributed by atoms with Crippen LogP contribution < -0.4 is 0 Å². The molecule has 9 aromatic carbocycles. The Balaban J connectivity index is 1.22. The largest absolute Gasteiger partial charge is 0.308 e. The Morgan fingerprint density at radius 2 is 0.676 bits per heavy atom. The summed E-state index contributed by atoms with van der Waals surface area (Å²) in [5, 5.41) is 34.6. The van der Waals surface area contributed by atoms with E-state index in [9.17, 15) is 15.8 Å². The molecule has 0 saturated carbocycles. The Labute approximate surface area is 390 Å². The highest BCUT2D eigenvalue weighted by Gasteiger charge is 2.26. The molecule has 0 aliphatic carbocycles. The van der Waals surface area contributed by atoms with Gasteiger partial charge in [0.05, 0.1) is 73.9 Å². The van der Waals surface area contributed by atoms with Crippen LogP contribution in [0.25, 0.3) is 111 Å². The van der Waals surface area contributed by atoms with Gasteiger partial charge in [0.25, 0.3) is 0 Å². The van der Waals surface area contributed by atoms with Crippen LogP contribution in [0.5, 0.6) is 0 Å². The van der Waals surface area contributed by atoms with Crippen LogP contribution in [0.15, 0.2) is 206 Å². The topological polar surface area (TPSA) is 120 Å². The van der Waals surface area contributed by atoms with E-state index >= 15 is 0 Å².